The highest BCUT2D eigenvalue weighted by molar-refractivity contribution is 4.92. The fourth-order valence-corrected chi connectivity index (χ4v) is 3.17. The van der Waals surface area contributed by atoms with E-state index in [0.29, 0.717) is 0 Å². The van der Waals surface area contributed by atoms with E-state index in [-0.39, 0.29) is 0 Å². The number of nitrogens with zero attached hydrogens (tertiary/aromatic N) is 2. The van der Waals surface area contributed by atoms with Crippen molar-refractivity contribution >= 4 is 0 Å². The highest BCUT2D eigenvalue weighted by Crippen LogP contribution is 2.22. The number of likely N-dealkylation sites (N-methyl/N-ethyl adjacent to an activating group) is 1. The fourth-order valence-electron chi connectivity index (χ4n) is 3.17. The van der Waals surface area contributed by atoms with Gasteiger partial charge in [0.15, 0.2) is 0 Å². The van der Waals surface area contributed by atoms with Gasteiger partial charge in [0.25, 0.3) is 0 Å². The Morgan fingerprint density at radius 3 is 2.73 bits per heavy atom. The second-order valence-electron chi connectivity index (χ2n) is 5.24. The highest BCUT2D eigenvalue weighted by atomic mass is 15.3. The van der Waals surface area contributed by atoms with E-state index in [2.05, 4.69) is 36.0 Å². The summed E-state index contributed by atoms with van der Waals surface area (Å²) in [5.74, 6) is 0.871. The van der Waals surface area contributed by atoms with Crippen LogP contribution in [0.1, 0.15) is 20.3 Å². The first-order chi connectivity index (χ1) is 7.22. The zero-order valence-electron chi connectivity index (χ0n) is 10.4. The molecule has 2 fully saturated rings. The minimum atomic E-state index is 0.725. The van der Waals surface area contributed by atoms with Gasteiger partial charge in [-0.05, 0) is 26.4 Å². The highest BCUT2D eigenvalue weighted by Gasteiger charge is 2.34. The van der Waals surface area contributed by atoms with E-state index in [1.807, 2.05) is 0 Å². The molecule has 2 heterocycles. The molecule has 2 saturated heterocycles. The fraction of sp³-hybridized carbons (Fsp3) is 1.00. The average molecular weight is 211 g/mol. The predicted molar refractivity (Wildman–Crippen MR) is 64.1 cm³/mol. The monoisotopic (exact) mass is 211 g/mol. The van der Waals surface area contributed by atoms with Crippen molar-refractivity contribution in [2.24, 2.45) is 5.92 Å². The van der Waals surface area contributed by atoms with Crippen LogP contribution in [0.4, 0.5) is 0 Å². The number of hydrogen-bond acceptors (Lipinski definition) is 3. The maximum atomic E-state index is 3.55. The molecule has 2 rings (SSSR count). The van der Waals surface area contributed by atoms with E-state index in [0.717, 1.165) is 18.0 Å². The molecule has 2 aliphatic rings. The van der Waals surface area contributed by atoms with Gasteiger partial charge in [0, 0.05) is 38.3 Å². The molecule has 2 aliphatic heterocycles. The first kappa shape index (κ1) is 11.4. The van der Waals surface area contributed by atoms with Crippen LogP contribution >= 0.6 is 0 Å². The predicted octanol–water partition coefficient (Wildman–Crippen LogP) is 0.620. The molecule has 0 aromatic carbocycles. The van der Waals surface area contributed by atoms with E-state index in [9.17, 15) is 0 Å². The molecule has 0 spiro atoms. The summed E-state index contributed by atoms with van der Waals surface area (Å²) in [5, 5.41) is 3.55. The van der Waals surface area contributed by atoms with Crippen molar-refractivity contribution in [2.45, 2.75) is 32.4 Å². The van der Waals surface area contributed by atoms with Crippen LogP contribution in [0.2, 0.25) is 0 Å². The lowest BCUT2D eigenvalue weighted by molar-refractivity contribution is 0.0510. The van der Waals surface area contributed by atoms with E-state index in [1.165, 1.54) is 39.1 Å². The molecule has 0 aromatic heterocycles. The van der Waals surface area contributed by atoms with Crippen molar-refractivity contribution in [3.63, 3.8) is 0 Å². The van der Waals surface area contributed by atoms with Crippen molar-refractivity contribution in [3.8, 4) is 0 Å². The Kier molecular flexibility index (Phi) is 3.65. The molecule has 3 atom stereocenters. The van der Waals surface area contributed by atoms with Gasteiger partial charge >= 0.3 is 0 Å². The second kappa shape index (κ2) is 4.81. The van der Waals surface area contributed by atoms with E-state index in [4.69, 9.17) is 0 Å². The van der Waals surface area contributed by atoms with Gasteiger partial charge in [-0.3, -0.25) is 4.90 Å². The topological polar surface area (TPSA) is 18.5 Å². The van der Waals surface area contributed by atoms with E-state index in [1.54, 1.807) is 0 Å². The van der Waals surface area contributed by atoms with Crippen LogP contribution in [0, 0.1) is 5.92 Å². The SMILES string of the molecule is CCC1CNCC1N1CCN(C)CC1C. The number of rotatable bonds is 2. The molecule has 88 valence electrons. The van der Waals surface area contributed by atoms with Crippen LogP contribution in [0.15, 0.2) is 0 Å². The number of nitrogens with one attached hydrogen (secondary N) is 1. The van der Waals surface area contributed by atoms with Crippen LogP contribution in [-0.4, -0.2) is 61.7 Å². The van der Waals surface area contributed by atoms with Gasteiger partial charge in [-0.1, -0.05) is 13.3 Å². The standard InChI is InChI=1S/C12H25N3/c1-4-11-7-13-8-12(11)15-6-5-14(3)9-10(15)2/h10-13H,4-9H2,1-3H3. The normalized spacial score (nSPS) is 39.8. The molecule has 15 heavy (non-hydrogen) atoms. The number of piperazine rings is 1. The molecule has 1 N–H and O–H groups in total. The lowest BCUT2D eigenvalue weighted by atomic mass is 9.97. The van der Waals surface area contributed by atoms with Crippen molar-refractivity contribution in [3.05, 3.63) is 0 Å². The van der Waals surface area contributed by atoms with Gasteiger partial charge in [-0.15, -0.1) is 0 Å². The van der Waals surface area contributed by atoms with E-state index < -0.39 is 0 Å². The van der Waals surface area contributed by atoms with Crippen LogP contribution in [-0.2, 0) is 0 Å². The summed E-state index contributed by atoms with van der Waals surface area (Å²) in [6.45, 7) is 10.8. The molecular weight excluding hydrogens is 186 g/mol. The van der Waals surface area contributed by atoms with Gasteiger partial charge in [0.05, 0.1) is 0 Å². The Hall–Kier alpha value is -0.120. The van der Waals surface area contributed by atoms with Crippen LogP contribution < -0.4 is 5.32 Å². The zero-order chi connectivity index (χ0) is 10.8. The third kappa shape index (κ3) is 2.35. The quantitative estimate of drug-likeness (QED) is 0.722. The third-order valence-electron chi connectivity index (χ3n) is 4.14. The second-order valence-corrected chi connectivity index (χ2v) is 5.24. The van der Waals surface area contributed by atoms with Crippen LogP contribution in [0.3, 0.4) is 0 Å². The summed E-state index contributed by atoms with van der Waals surface area (Å²) < 4.78 is 0. The third-order valence-corrected chi connectivity index (χ3v) is 4.14. The lowest BCUT2D eigenvalue weighted by Gasteiger charge is -2.43. The van der Waals surface area contributed by atoms with Crippen LogP contribution in [0.25, 0.3) is 0 Å². The lowest BCUT2D eigenvalue weighted by Crippen LogP contribution is -2.56. The molecule has 3 heteroatoms. The minimum absolute atomic E-state index is 0.725. The Morgan fingerprint density at radius 1 is 1.27 bits per heavy atom. The average Bonchev–Trinajstić information content (AvgIpc) is 2.65. The molecule has 3 nitrogen and oxygen atoms in total. The van der Waals surface area contributed by atoms with Crippen LogP contribution in [0.5, 0.6) is 0 Å². The van der Waals surface area contributed by atoms with Crippen molar-refractivity contribution in [2.75, 3.05) is 39.8 Å². The molecule has 0 saturated carbocycles. The molecule has 0 aromatic rings. The summed E-state index contributed by atoms with van der Waals surface area (Å²) >= 11 is 0. The summed E-state index contributed by atoms with van der Waals surface area (Å²) in [6.07, 6.45) is 1.32. The Morgan fingerprint density at radius 2 is 2.07 bits per heavy atom. The maximum absolute atomic E-state index is 3.55. The van der Waals surface area contributed by atoms with Gasteiger partial charge in [-0.25, -0.2) is 0 Å². The number of hydrogen-bond donors (Lipinski definition) is 1. The summed E-state index contributed by atoms with van der Waals surface area (Å²) in [4.78, 5) is 5.18. The van der Waals surface area contributed by atoms with Gasteiger partial charge in [0.1, 0.15) is 0 Å². The Balaban J connectivity index is 1.97. The van der Waals surface area contributed by atoms with Gasteiger partial charge < -0.3 is 10.2 Å². The first-order valence-electron chi connectivity index (χ1n) is 6.37. The molecule has 3 unspecified atom stereocenters. The van der Waals surface area contributed by atoms with Crippen molar-refractivity contribution in [1.29, 1.82) is 0 Å². The summed E-state index contributed by atoms with van der Waals surface area (Å²) in [6, 6.07) is 1.52. The zero-order valence-corrected chi connectivity index (χ0v) is 10.4. The first-order valence-corrected chi connectivity index (χ1v) is 6.37. The smallest absolute Gasteiger partial charge is 0.0264 e. The molecule has 0 aliphatic carbocycles. The van der Waals surface area contributed by atoms with E-state index >= 15 is 0 Å². The molecular formula is C12H25N3. The summed E-state index contributed by atoms with van der Waals surface area (Å²) in [7, 11) is 2.23. The molecule has 0 bridgehead atoms. The Labute approximate surface area is 93.8 Å². The summed E-state index contributed by atoms with van der Waals surface area (Å²) in [5.41, 5.74) is 0. The van der Waals surface area contributed by atoms with Crippen molar-refractivity contribution < 1.29 is 0 Å². The van der Waals surface area contributed by atoms with Crippen molar-refractivity contribution in [1.82, 2.24) is 15.1 Å². The molecule has 0 radical (unpaired) electrons. The van der Waals surface area contributed by atoms with Gasteiger partial charge in [0.2, 0.25) is 0 Å². The Bertz CT molecular complexity index is 207. The maximum Gasteiger partial charge on any atom is 0.0264 e. The minimum Gasteiger partial charge on any atom is -0.315 e. The molecule has 0 amide bonds. The van der Waals surface area contributed by atoms with Gasteiger partial charge in [-0.2, -0.15) is 0 Å². The largest absolute Gasteiger partial charge is 0.315 e.